The molecule has 0 aliphatic carbocycles. The summed E-state index contributed by atoms with van der Waals surface area (Å²) in [5, 5.41) is 3.06. The van der Waals surface area contributed by atoms with Gasteiger partial charge >= 0.3 is 0 Å². The van der Waals surface area contributed by atoms with E-state index >= 15 is 0 Å². The summed E-state index contributed by atoms with van der Waals surface area (Å²) in [5.41, 5.74) is 9.97. The van der Waals surface area contributed by atoms with Gasteiger partial charge in [-0.2, -0.15) is 0 Å². The molecule has 0 aliphatic rings. The largest absolute Gasteiger partial charge is 0.359 e. The molecule has 31 heavy (non-hydrogen) atoms. The first-order chi connectivity index (χ1) is 15.2. The third-order valence-electron chi connectivity index (χ3n) is 4.39. The number of rotatable bonds is 6. The topological polar surface area (TPSA) is 85.1 Å². The van der Waals surface area contributed by atoms with E-state index in [9.17, 15) is 9.59 Å². The summed E-state index contributed by atoms with van der Waals surface area (Å²) in [5.74, 6) is 0. The van der Waals surface area contributed by atoms with Crippen LogP contribution in [0.3, 0.4) is 0 Å². The van der Waals surface area contributed by atoms with E-state index in [1.165, 1.54) is 0 Å². The first kappa shape index (κ1) is 25.5. The lowest BCUT2D eigenvalue weighted by Gasteiger charge is -2.02. The average molecular weight is 418 g/mol. The molecule has 0 fully saturated rings. The highest BCUT2D eigenvalue weighted by Crippen LogP contribution is 2.21. The molecule has 0 aliphatic heterocycles. The maximum atomic E-state index is 13.1. The van der Waals surface area contributed by atoms with Crippen LogP contribution in [0, 0.1) is 0 Å². The monoisotopic (exact) mass is 417 g/mol. The fourth-order valence-electron chi connectivity index (χ4n) is 2.90. The second kappa shape index (κ2) is 14.4. The molecule has 0 spiro atoms. The van der Waals surface area contributed by atoms with Gasteiger partial charge < -0.3 is 11.1 Å². The second-order valence-electron chi connectivity index (χ2n) is 6.29. The summed E-state index contributed by atoms with van der Waals surface area (Å²) in [6.07, 6.45) is 6.93. The molecule has 0 saturated carbocycles. The standard InChI is InChI=1S/C21H20N2O.C3H7NO.C2H4/c1-2-15-10-11-20-19(21(24)18(15)9-6-12-22)13-17(14-23-20)16-7-4-3-5-8-16;1-2-4-3-5;1-2/h3-11,13-14H,2,12,22H2,1H3;3H,2H2,1H3,(H,4,5);1-2H2/b9-6-;;. The van der Waals surface area contributed by atoms with Crippen molar-refractivity contribution >= 4 is 23.4 Å². The summed E-state index contributed by atoms with van der Waals surface area (Å²) in [4.78, 5) is 26.9. The van der Waals surface area contributed by atoms with Crippen molar-refractivity contribution in [2.75, 3.05) is 13.1 Å². The molecule has 2 aromatic carbocycles. The highest BCUT2D eigenvalue weighted by Gasteiger charge is 2.08. The third-order valence-corrected chi connectivity index (χ3v) is 4.39. The molecule has 0 atom stereocenters. The second-order valence-corrected chi connectivity index (χ2v) is 6.29. The Morgan fingerprint density at radius 1 is 1.06 bits per heavy atom. The Morgan fingerprint density at radius 3 is 2.32 bits per heavy atom. The van der Waals surface area contributed by atoms with E-state index in [4.69, 9.17) is 5.73 Å². The zero-order chi connectivity index (χ0) is 23.1. The van der Waals surface area contributed by atoms with Gasteiger partial charge in [-0.15, -0.1) is 13.2 Å². The van der Waals surface area contributed by atoms with E-state index in [2.05, 4.69) is 23.5 Å². The molecule has 0 bridgehead atoms. The number of aromatic nitrogens is 1. The number of nitrogens with two attached hydrogens (primary N) is 1. The van der Waals surface area contributed by atoms with Crippen LogP contribution >= 0.6 is 0 Å². The Hall–Kier alpha value is -3.57. The Labute approximate surface area is 184 Å². The van der Waals surface area contributed by atoms with E-state index in [1.54, 1.807) is 0 Å². The number of hydrogen-bond donors (Lipinski definition) is 2. The van der Waals surface area contributed by atoms with Gasteiger partial charge in [-0.05, 0) is 36.6 Å². The Balaban J connectivity index is 0.000000605. The van der Waals surface area contributed by atoms with Crippen molar-refractivity contribution in [2.24, 2.45) is 5.73 Å². The van der Waals surface area contributed by atoms with Gasteiger partial charge in [-0.3, -0.25) is 14.6 Å². The molecular formula is C26H31N3O2. The van der Waals surface area contributed by atoms with Gasteiger partial charge in [0.05, 0.1) is 5.52 Å². The van der Waals surface area contributed by atoms with Crippen LogP contribution in [0.25, 0.3) is 28.1 Å². The molecule has 0 unspecified atom stereocenters. The highest BCUT2D eigenvalue weighted by molar-refractivity contribution is 5.84. The van der Waals surface area contributed by atoms with Crippen LogP contribution in [0.4, 0.5) is 0 Å². The Morgan fingerprint density at radius 2 is 1.77 bits per heavy atom. The number of carbonyl (C=O) groups excluding carboxylic acids is 1. The number of pyridine rings is 1. The van der Waals surface area contributed by atoms with Crippen LogP contribution in [-0.2, 0) is 11.2 Å². The predicted octanol–water partition coefficient (Wildman–Crippen LogP) is 4.35. The van der Waals surface area contributed by atoms with Gasteiger partial charge in [0.2, 0.25) is 6.41 Å². The first-order valence-electron chi connectivity index (χ1n) is 10.2. The molecule has 0 radical (unpaired) electrons. The van der Waals surface area contributed by atoms with Gasteiger partial charge in [0.15, 0.2) is 5.43 Å². The van der Waals surface area contributed by atoms with Crippen LogP contribution in [0.1, 0.15) is 25.0 Å². The van der Waals surface area contributed by atoms with E-state index in [-0.39, 0.29) is 5.43 Å². The summed E-state index contributed by atoms with van der Waals surface area (Å²) in [6.45, 7) is 11.0. The molecule has 5 nitrogen and oxygen atoms in total. The normalized spacial score (nSPS) is 9.90. The summed E-state index contributed by atoms with van der Waals surface area (Å²) in [7, 11) is 0. The molecule has 3 aromatic rings. The number of nitrogens with zero attached hydrogens (tertiary/aromatic N) is 1. The zero-order valence-electron chi connectivity index (χ0n) is 18.3. The number of nitrogens with one attached hydrogen (secondary N) is 1. The quantitative estimate of drug-likeness (QED) is 0.461. The lowest BCUT2D eigenvalue weighted by atomic mass is 10.0. The molecule has 1 aromatic heterocycles. The van der Waals surface area contributed by atoms with Gasteiger partial charge in [0, 0.05) is 35.8 Å². The summed E-state index contributed by atoms with van der Waals surface area (Å²) < 4.78 is 0. The number of carbonyl (C=O) groups is 1. The van der Waals surface area contributed by atoms with Crippen molar-refractivity contribution in [3.8, 4) is 11.1 Å². The molecule has 5 heteroatoms. The van der Waals surface area contributed by atoms with Crippen molar-refractivity contribution in [3.63, 3.8) is 0 Å². The van der Waals surface area contributed by atoms with Crippen molar-refractivity contribution in [1.29, 1.82) is 0 Å². The van der Waals surface area contributed by atoms with Crippen LogP contribution < -0.4 is 16.5 Å². The smallest absolute Gasteiger partial charge is 0.207 e. The Bertz CT molecular complexity index is 1050. The van der Waals surface area contributed by atoms with Gasteiger partial charge in [0.25, 0.3) is 0 Å². The molecule has 1 amide bonds. The molecule has 3 rings (SSSR count). The fraction of sp³-hybridized carbons (Fsp3) is 0.192. The minimum Gasteiger partial charge on any atom is -0.359 e. The van der Waals surface area contributed by atoms with Gasteiger partial charge in [-0.25, -0.2) is 0 Å². The fourth-order valence-corrected chi connectivity index (χ4v) is 2.90. The number of amides is 1. The van der Waals surface area contributed by atoms with Crippen molar-refractivity contribution in [1.82, 2.24) is 10.3 Å². The number of fused-ring (bicyclic) bond motifs is 1. The minimum absolute atomic E-state index is 0.00170. The number of benzene rings is 1. The van der Waals surface area contributed by atoms with Crippen LogP contribution in [0.2, 0.25) is 0 Å². The highest BCUT2D eigenvalue weighted by atomic mass is 16.1. The van der Waals surface area contributed by atoms with Crippen molar-refractivity contribution in [2.45, 2.75) is 20.3 Å². The van der Waals surface area contributed by atoms with Gasteiger partial charge in [-0.1, -0.05) is 55.5 Å². The van der Waals surface area contributed by atoms with E-state index in [0.717, 1.165) is 29.7 Å². The van der Waals surface area contributed by atoms with Gasteiger partial charge in [0.1, 0.15) is 0 Å². The maximum absolute atomic E-state index is 13.1. The van der Waals surface area contributed by atoms with Crippen LogP contribution in [0.15, 0.2) is 78.8 Å². The van der Waals surface area contributed by atoms with Crippen molar-refractivity contribution in [3.05, 3.63) is 95.3 Å². The molecule has 162 valence electrons. The van der Waals surface area contributed by atoms with Crippen LogP contribution in [-0.4, -0.2) is 24.5 Å². The molecule has 3 N–H and O–H groups in total. The summed E-state index contributed by atoms with van der Waals surface area (Å²) in [6, 6.07) is 15.8. The van der Waals surface area contributed by atoms with E-state index in [0.29, 0.717) is 29.4 Å². The van der Waals surface area contributed by atoms with Crippen molar-refractivity contribution < 1.29 is 4.79 Å². The predicted molar refractivity (Wildman–Crippen MR) is 132 cm³/mol. The maximum Gasteiger partial charge on any atom is 0.207 e. The number of aryl methyl sites for hydroxylation is 1. The molecular weight excluding hydrogens is 386 g/mol. The Kier molecular flexibility index (Phi) is 11.8. The average Bonchev–Trinajstić information content (AvgIpc) is 2.96. The summed E-state index contributed by atoms with van der Waals surface area (Å²) >= 11 is 0. The molecule has 1 heterocycles. The van der Waals surface area contributed by atoms with E-state index in [1.807, 2.05) is 80.7 Å². The lowest BCUT2D eigenvalue weighted by molar-refractivity contribution is -0.109. The first-order valence-corrected chi connectivity index (χ1v) is 10.2. The number of hydrogen-bond acceptors (Lipinski definition) is 4. The zero-order valence-corrected chi connectivity index (χ0v) is 18.3. The SMILES string of the molecule is C=C.CCNC=O.CCc1ccc2ncc(-c3ccccc3)cc2c(=O)c1/C=C\CN. The minimum atomic E-state index is 0.00170. The lowest BCUT2D eigenvalue weighted by Crippen LogP contribution is -2.07. The molecule has 0 saturated heterocycles. The van der Waals surface area contributed by atoms with Crippen LogP contribution in [0.5, 0.6) is 0 Å². The van der Waals surface area contributed by atoms with E-state index < -0.39 is 0 Å². The third kappa shape index (κ3) is 7.32.